The molecule has 32 heavy (non-hydrogen) atoms. The minimum absolute atomic E-state index is 0.214. The molecule has 0 bridgehead atoms. The summed E-state index contributed by atoms with van der Waals surface area (Å²) in [6.45, 7) is 6.66. The fraction of sp³-hybridized carbons (Fsp3) is 0.308. The molecule has 0 saturated carbocycles. The van der Waals surface area contributed by atoms with E-state index in [0.29, 0.717) is 47.9 Å². The van der Waals surface area contributed by atoms with Crippen molar-refractivity contribution in [2.24, 2.45) is 0 Å². The molecule has 168 valence electrons. The summed E-state index contributed by atoms with van der Waals surface area (Å²) < 4.78 is 16.2. The molecule has 6 nitrogen and oxygen atoms in total. The summed E-state index contributed by atoms with van der Waals surface area (Å²) in [6, 6.07) is 15.4. The molecule has 2 aromatic carbocycles. The van der Waals surface area contributed by atoms with E-state index in [9.17, 15) is 9.59 Å². The van der Waals surface area contributed by atoms with Gasteiger partial charge < -0.3 is 19.1 Å². The molecular weight excluding hydrogens is 406 g/mol. The van der Waals surface area contributed by atoms with E-state index >= 15 is 0 Å². The summed E-state index contributed by atoms with van der Waals surface area (Å²) >= 11 is 0. The maximum absolute atomic E-state index is 13.3. The summed E-state index contributed by atoms with van der Waals surface area (Å²) in [7, 11) is 1.56. The number of methoxy groups -OCH3 is 1. The van der Waals surface area contributed by atoms with Gasteiger partial charge >= 0.3 is 5.97 Å². The van der Waals surface area contributed by atoms with Gasteiger partial charge in [-0.2, -0.15) is 0 Å². The molecule has 3 rings (SSSR count). The molecule has 0 aromatic heterocycles. The van der Waals surface area contributed by atoms with E-state index < -0.39 is 5.97 Å². The zero-order chi connectivity index (χ0) is 23.1. The smallest absolute Gasteiger partial charge is 0.340 e. The first kappa shape index (κ1) is 23.1. The first-order valence-corrected chi connectivity index (χ1v) is 10.8. The van der Waals surface area contributed by atoms with Gasteiger partial charge in [0.25, 0.3) is 5.91 Å². The lowest BCUT2D eigenvalue weighted by Crippen LogP contribution is -2.27. The van der Waals surface area contributed by atoms with Crippen LogP contribution in [0.2, 0.25) is 0 Å². The first-order valence-electron chi connectivity index (χ1n) is 10.8. The number of nitrogens with zero attached hydrogens (tertiary/aromatic N) is 1. The van der Waals surface area contributed by atoms with Crippen LogP contribution in [-0.2, 0) is 20.7 Å². The Morgan fingerprint density at radius 2 is 1.78 bits per heavy atom. The third kappa shape index (κ3) is 5.02. The van der Waals surface area contributed by atoms with Crippen LogP contribution in [0, 0.1) is 0 Å². The van der Waals surface area contributed by atoms with Crippen molar-refractivity contribution in [2.75, 3.05) is 26.9 Å². The highest BCUT2D eigenvalue weighted by Crippen LogP contribution is 2.34. The van der Waals surface area contributed by atoms with Crippen LogP contribution in [0.4, 0.5) is 0 Å². The third-order valence-corrected chi connectivity index (χ3v) is 5.26. The number of amides is 1. The lowest BCUT2D eigenvalue weighted by Gasteiger charge is -2.17. The predicted octanol–water partition coefficient (Wildman–Crippen LogP) is 4.40. The van der Waals surface area contributed by atoms with Crippen molar-refractivity contribution < 1.29 is 23.8 Å². The lowest BCUT2D eigenvalue weighted by atomic mass is 10.0. The maximum Gasteiger partial charge on any atom is 0.340 e. The van der Waals surface area contributed by atoms with Crippen molar-refractivity contribution in [3.8, 4) is 11.5 Å². The van der Waals surface area contributed by atoms with Crippen molar-refractivity contribution >= 4 is 18.0 Å². The van der Waals surface area contributed by atoms with Gasteiger partial charge in [-0.3, -0.25) is 4.79 Å². The molecule has 0 saturated heterocycles. The van der Waals surface area contributed by atoms with Crippen molar-refractivity contribution in [1.82, 2.24) is 4.90 Å². The molecule has 0 radical (unpaired) electrons. The van der Waals surface area contributed by atoms with E-state index in [1.807, 2.05) is 43.3 Å². The topological polar surface area (TPSA) is 65.1 Å². The number of ether oxygens (including phenoxy) is 3. The SMILES string of the molecule is CCOC(=O)C1=C(C)N(CCc2ccccc2)C(=O)/C1=C\c1ccc(OCC)c(OC)c1. The van der Waals surface area contributed by atoms with Crippen LogP contribution >= 0.6 is 0 Å². The number of benzene rings is 2. The standard InChI is InChI=1S/C26H29NO5/c1-5-31-22-13-12-20(17-23(22)30-4)16-21-24(26(29)32-6-2)18(3)27(25(21)28)15-14-19-10-8-7-9-11-19/h7-13,16-17H,5-6,14-15H2,1-4H3/b21-16-. The second-order valence-corrected chi connectivity index (χ2v) is 7.27. The van der Waals surface area contributed by atoms with Crippen LogP contribution in [0.15, 0.2) is 65.4 Å². The molecule has 0 fully saturated rings. The van der Waals surface area contributed by atoms with Gasteiger partial charge in [0.2, 0.25) is 0 Å². The minimum atomic E-state index is -0.496. The number of rotatable bonds is 9. The molecule has 1 aliphatic heterocycles. The fourth-order valence-corrected chi connectivity index (χ4v) is 3.70. The van der Waals surface area contributed by atoms with E-state index in [0.717, 1.165) is 11.1 Å². The van der Waals surface area contributed by atoms with Crippen molar-refractivity contribution in [1.29, 1.82) is 0 Å². The lowest BCUT2D eigenvalue weighted by molar-refractivity contribution is -0.138. The molecule has 1 amide bonds. The number of hydrogen-bond donors (Lipinski definition) is 0. The van der Waals surface area contributed by atoms with Gasteiger partial charge in [0.1, 0.15) is 0 Å². The molecule has 0 N–H and O–H groups in total. The van der Waals surface area contributed by atoms with E-state index in [1.165, 1.54) is 0 Å². The number of carbonyl (C=O) groups is 2. The van der Waals surface area contributed by atoms with Crippen LogP contribution < -0.4 is 9.47 Å². The second-order valence-electron chi connectivity index (χ2n) is 7.27. The Morgan fingerprint density at radius 3 is 2.44 bits per heavy atom. The van der Waals surface area contributed by atoms with Gasteiger partial charge in [-0.25, -0.2) is 4.79 Å². The molecule has 0 aliphatic carbocycles. The van der Waals surface area contributed by atoms with Crippen molar-refractivity contribution in [3.05, 3.63) is 76.5 Å². The summed E-state index contributed by atoms with van der Waals surface area (Å²) in [4.78, 5) is 27.7. The monoisotopic (exact) mass is 435 g/mol. The molecule has 0 unspecified atom stereocenters. The number of carbonyl (C=O) groups excluding carboxylic acids is 2. The van der Waals surface area contributed by atoms with Gasteiger partial charge in [-0.15, -0.1) is 0 Å². The van der Waals surface area contributed by atoms with Gasteiger partial charge in [-0.05, 0) is 56.5 Å². The summed E-state index contributed by atoms with van der Waals surface area (Å²) in [6.07, 6.45) is 2.39. The normalized spacial score (nSPS) is 14.8. The van der Waals surface area contributed by atoms with E-state index in [1.54, 1.807) is 44.1 Å². The van der Waals surface area contributed by atoms with Gasteiger partial charge in [0.05, 0.1) is 31.5 Å². The summed E-state index contributed by atoms with van der Waals surface area (Å²) in [5.74, 6) is 0.474. The molecule has 1 heterocycles. The Morgan fingerprint density at radius 1 is 1.03 bits per heavy atom. The molecule has 0 atom stereocenters. The van der Waals surface area contributed by atoms with Crippen LogP contribution in [-0.4, -0.2) is 43.6 Å². The molecular formula is C26H29NO5. The van der Waals surface area contributed by atoms with Gasteiger partial charge in [-0.1, -0.05) is 36.4 Å². The van der Waals surface area contributed by atoms with E-state index in [4.69, 9.17) is 14.2 Å². The minimum Gasteiger partial charge on any atom is -0.493 e. The van der Waals surface area contributed by atoms with E-state index in [2.05, 4.69) is 0 Å². The average Bonchev–Trinajstić information content (AvgIpc) is 3.03. The number of esters is 1. The zero-order valence-electron chi connectivity index (χ0n) is 19.0. The number of hydrogen-bond acceptors (Lipinski definition) is 5. The van der Waals surface area contributed by atoms with Gasteiger partial charge in [0.15, 0.2) is 11.5 Å². The Bertz CT molecular complexity index is 1040. The largest absolute Gasteiger partial charge is 0.493 e. The fourth-order valence-electron chi connectivity index (χ4n) is 3.70. The second kappa shape index (κ2) is 10.7. The molecule has 2 aromatic rings. The Labute approximate surface area is 189 Å². The highest BCUT2D eigenvalue weighted by molar-refractivity contribution is 6.16. The Balaban J connectivity index is 1.96. The highest BCUT2D eigenvalue weighted by atomic mass is 16.5. The zero-order valence-corrected chi connectivity index (χ0v) is 19.0. The van der Waals surface area contributed by atoms with Crippen LogP contribution in [0.1, 0.15) is 31.9 Å². The Kier molecular flexibility index (Phi) is 7.71. The Hall–Kier alpha value is -3.54. The van der Waals surface area contributed by atoms with Gasteiger partial charge in [0, 0.05) is 12.2 Å². The van der Waals surface area contributed by atoms with Crippen LogP contribution in [0.3, 0.4) is 0 Å². The highest BCUT2D eigenvalue weighted by Gasteiger charge is 2.36. The van der Waals surface area contributed by atoms with E-state index in [-0.39, 0.29) is 12.5 Å². The van der Waals surface area contributed by atoms with Crippen LogP contribution in [0.5, 0.6) is 11.5 Å². The average molecular weight is 436 g/mol. The summed E-state index contributed by atoms with van der Waals surface area (Å²) in [5.41, 5.74) is 3.08. The first-order chi connectivity index (χ1) is 15.5. The van der Waals surface area contributed by atoms with Crippen molar-refractivity contribution in [2.45, 2.75) is 27.2 Å². The molecule has 1 aliphatic rings. The molecule has 6 heteroatoms. The predicted molar refractivity (Wildman–Crippen MR) is 123 cm³/mol. The van der Waals surface area contributed by atoms with Crippen LogP contribution in [0.25, 0.3) is 6.08 Å². The third-order valence-electron chi connectivity index (χ3n) is 5.26. The summed E-state index contributed by atoms with van der Waals surface area (Å²) in [5, 5.41) is 0. The number of allylic oxidation sites excluding steroid dienone is 1. The van der Waals surface area contributed by atoms with Crippen molar-refractivity contribution in [3.63, 3.8) is 0 Å². The quantitative estimate of drug-likeness (QED) is 0.432. The molecule has 0 spiro atoms. The maximum atomic E-state index is 13.3.